The molecule has 2 rings (SSSR count). The number of aromatic hydroxyl groups is 1. The Morgan fingerprint density at radius 1 is 0.750 bits per heavy atom. The summed E-state index contributed by atoms with van der Waals surface area (Å²) in [6.45, 7) is 18.7. The molecule has 0 radical (unpaired) electrons. The van der Waals surface area contributed by atoms with E-state index in [4.69, 9.17) is 4.74 Å². The molecule has 1 aromatic carbocycles. The molecule has 0 fully saturated rings. The van der Waals surface area contributed by atoms with E-state index < -0.39 is 0 Å². The van der Waals surface area contributed by atoms with E-state index in [1.54, 1.807) is 0 Å². The fourth-order valence-corrected chi connectivity index (χ4v) is 4.53. The molecule has 0 amide bonds. The van der Waals surface area contributed by atoms with Crippen molar-refractivity contribution in [2.45, 2.75) is 152 Å². The topological polar surface area (TPSA) is 29.5 Å². The minimum Gasteiger partial charge on any atom is -0.507 e. The molecule has 1 unspecified atom stereocenters. The van der Waals surface area contributed by atoms with E-state index in [-0.39, 0.29) is 0 Å². The Hall–Kier alpha value is -1.18. The van der Waals surface area contributed by atoms with Gasteiger partial charge in [0.2, 0.25) is 0 Å². The largest absolute Gasteiger partial charge is 0.507 e. The Labute approximate surface area is 201 Å². The van der Waals surface area contributed by atoms with Crippen molar-refractivity contribution in [1.82, 2.24) is 0 Å². The number of benzene rings is 1. The van der Waals surface area contributed by atoms with Crippen LogP contribution in [0.5, 0.6) is 11.5 Å². The zero-order valence-electron chi connectivity index (χ0n) is 23.2. The molecule has 188 valence electrons. The molecular weight excluding hydrogens is 392 g/mol. The molecule has 32 heavy (non-hydrogen) atoms. The lowest BCUT2D eigenvalue weighted by atomic mass is 9.90. The molecule has 1 aliphatic rings. The van der Waals surface area contributed by atoms with Crippen LogP contribution in [0.2, 0.25) is 0 Å². The van der Waals surface area contributed by atoms with Crippen molar-refractivity contribution in [3.63, 3.8) is 0 Å². The van der Waals surface area contributed by atoms with Crippen LogP contribution in [-0.2, 0) is 6.42 Å². The van der Waals surface area contributed by atoms with Gasteiger partial charge in [-0.25, -0.2) is 0 Å². The standard InChI is InChI=1S/C26H44O2.2C2H6/c1-19(2)15-13-11-9-7-6-8-10-12-14-16-23-17-18-24-22(5)25(27)20(3)21(4)26(24)28-23;2*1-2/h19,23,27H,6-18H2,1-5H3;2*1-2H3. The molecule has 2 nitrogen and oxygen atoms in total. The summed E-state index contributed by atoms with van der Waals surface area (Å²) in [5.74, 6) is 2.38. The highest BCUT2D eigenvalue weighted by molar-refractivity contribution is 5.58. The first-order valence-electron chi connectivity index (χ1n) is 13.9. The third-order valence-corrected chi connectivity index (χ3v) is 6.65. The molecule has 1 aromatic rings. The van der Waals surface area contributed by atoms with Crippen molar-refractivity contribution < 1.29 is 9.84 Å². The number of ether oxygens (including phenoxy) is 1. The number of hydrogen-bond acceptors (Lipinski definition) is 2. The zero-order chi connectivity index (χ0) is 24.5. The first kappa shape index (κ1) is 30.8. The fraction of sp³-hybridized carbons (Fsp3) is 0.800. The highest BCUT2D eigenvalue weighted by atomic mass is 16.5. The first-order valence-corrected chi connectivity index (χ1v) is 13.9. The van der Waals surface area contributed by atoms with Gasteiger partial charge in [-0.15, -0.1) is 0 Å². The van der Waals surface area contributed by atoms with Crippen molar-refractivity contribution in [2.24, 2.45) is 5.92 Å². The van der Waals surface area contributed by atoms with E-state index in [1.165, 1.54) is 76.2 Å². The lowest BCUT2D eigenvalue weighted by Gasteiger charge is -2.30. The predicted molar refractivity (Wildman–Crippen MR) is 143 cm³/mol. The number of phenols is 1. The highest BCUT2D eigenvalue weighted by Gasteiger charge is 2.25. The van der Waals surface area contributed by atoms with Gasteiger partial charge in [0, 0.05) is 5.56 Å². The molecule has 1 N–H and O–H groups in total. The zero-order valence-corrected chi connectivity index (χ0v) is 23.2. The second-order valence-electron chi connectivity index (χ2n) is 9.46. The normalized spacial score (nSPS) is 14.6. The molecule has 0 spiro atoms. The summed E-state index contributed by atoms with van der Waals surface area (Å²) in [4.78, 5) is 0. The number of fused-ring (bicyclic) bond motifs is 1. The van der Waals surface area contributed by atoms with Crippen molar-refractivity contribution >= 4 is 0 Å². The fourth-order valence-electron chi connectivity index (χ4n) is 4.53. The van der Waals surface area contributed by atoms with Gasteiger partial charge in [0.05, 0.1) is 6.10 Å². The van der Waals surface area contributed by atoms with E-state index >= 15 is 0 Å². The molecular formula is C30H56O2. The summed E-state index contributed by atoms with van der Waals surface area (Å²) < 4.78 is 6.37. The first-order chi connectivity index (χ1) is 15.4. The average molecular weight is 449 g/mol. The molecule has 1 atom stereocenters. The van der Waals surface area contributed by atoms with E-state index in [2.05, 4.69) is 20.8 Å². The minimum absolute atomic E-state index is 0.357. The Morgan fingerprint density at radius 2 is 1.25 bits per heavy atom. The quantitative estimate of drug-likeness (QED) is 0.322. The SMILES string of the molecule is CC.CC.Cc1c(C)c2c(c(C)c1O)CCC(CCCCCCCCCCCC(C)C)O2. The average Bonchev–Trinajstić information content (AvgIpc) is 2.82. The third-order valence-electron chi connectivity index (χ3n) is 6.65. The van der Waals surface area contributed by atoms with Crippen molar-refractivity contribution in [3.05, 3.63) is 22.3 Å². The van der Waals surface area contributed by atoms with E-state index in [0.717, 1.165) is 41.2 Å². The summed E-state index contributed by atoms with van der Waals surface area (Å²) in [5, 5.41) is 10.3. The van der Waals surface area contributed by atoms with Crippen LogP contribution >= 0.6 is 0 Å². The highest BCUT2D eigenvalue weighted by Crippen LogP contribution is 2.41. The molecule has 1 aliphatic heterocycles. The third kappa shape index (κ3) is 10.6. The molecule has 0 saturated carbocycles. The number of hydrogen-bond donors (Lipinski definition) is 1. The van der Waals surface area contributed by atoms with Gasteiger partial charge >= 0.3 is 0 Å². The Bertz CT molecular complexity index is 604. The number of rotatable bonds is 12. The number of phenolic OH excluding ortho intramolecular Hbond substituents is 1. The summed E-state index contributed by atoms with van der Waals surface area (Å²) in [7, 11) is 0. The Kier molecular flexibility index (Phi) is 17.6. The lowest BCUT2D eigenvalue weighted by molar-refractivity contribution is 0.158. The van der Waals surface area contributed by atoms with Gasteiger partial charge in [-0.2, -0.15) is 0 Å². The van der Waals surface area contributed by atoms with Crippen LogP contribution < -0.4 is 4.74 Å². The van der Waals surface area contributed by atoms with Crippen LogP contribution in [0.25, 0.3) is 0 Å². The number of unbranched alkanes of at least 4 members (excludes halogenated alkanes) is 8. The Morgan fingerprint density at radius 3 is 1.78 bits per heavy atom. The molecule has 0 saturated heterocycles. The van der Waals surface area contributed by atoms with Gasteiger partial charge in [-0.1, -0.05) is 99.3 Å². The van der Waals surface area contributed by atoms with Gasteiger partial charge in [0.25, 0.3) is 0 Å². The summed E-state index contributed by atoms with van der Waals surface area (Å²) in [6.07, 6.45) is 17.6. The maximum atomic E-state index is 10.3. The van der Waals surface area contributed by atoms with Crippen LogP contribution in [0.4, 0.5) is 0 Å². The second-order valence-corrected chi connectivity index (χ2v) is 9.46. The minimum atomic E-state index is 0.357. The van der Waals surface area contributed by atoms with Crippen molar-refractivity contribution in [2.75, 3.05) is 0 Å². The van der Waals surface area contributed by atoms with Gasteiger partial charge in [-0.3, -0.25) is 0 Å². The van der Waals surface area contributed by atoms with Crippen molar-refractivity contribution in [3.8, 4) is 11.5 Å². The van der Waals surface area contributed by atoms with E-state index in [9.17, 15) is 5.11 Å². The molecule has 1 heterocycles. The van der Waals surface area contributed by atoms with Gasteiger partial charge in [0.15, 0.2) is 0 Å². The summed E-state index contributed by atoms with van der Waals surface area (Å²) in [5.41, 5.74) is 4.34. The summed E-state index contributed by atoms with van der Waals surface area (Å²) >= 11 is 0. The smallest absolute Gasteiger partial charge is 0.126 e. The molecule has 0 aromatic heterocycles. The van der Waals surface area contributed by atoms with Gasteiger partial charge in [0.1, 0.15) is 11.5 Å². The van der Waals surface area contributed by atoms with Crippen LogP contribution in [-0.4, -0.2) is 11.2 Å². The Balaban J connectivity index is 0.00000227. The molecule has 0 aliphatic carbocycles. The monoisotopic (exact) mass is 448 g/mol. The van der Waals surface area contributed by atoms with Gasteiger partial charge < -0.3 is 9.84 Å². The second kappa shape index (κ2) is 18.3. The maximum Gasteiger partial charge on any atom is 0.126 e. The predicted octanol–water partition coefficient (Wildman–Crippen LogP) is 10.0. The van der Waals surface area contributed by atoms with E-state index in [1.807, 2.05) is 41.5 Å². The molecule has 2 heteroatoms. The van der Waals surface area contributed by atoms with Crippen LogP contribution in [0, 0.1) is 26.7 Å². The van der Waals surface area contributed by atoms with Crippen LogP contribution in [0.15, 0.2) is 0 Å². The maximum absolute atomic E-state index is 10.3. The van der Waals surface area contributed by atoms with Crippen LogP contribution in [0.1, 0.15) is 141 Å². The molecule has 0 bridgehead atoms. The summed E-state index contributed by atoms with van der Waals surface area (Å²) in [6, 6.07) is 0. The van der Waals surface area contributed by atoms with Crippen LogP contribution in [0.3, 0.4) is 0 Å². The van der Waals surface area contributed by atoms with Gasteiger partial charge in [-0.05, 0) is 69.1 Å². The van der Waals surface area contributed by atoms with E-state index in [0.29, 0.717) is 11.9 Å². The van der Waals surface area contributed by atoms with Crippen molar-refractivity contribution in [1.29, 1.82) is 0 Å². The lowest BCUT2D eigenvalue weighted by Crippen LogP contribution is -2.24.